The van der Waals surface area contributed by atoms with Gasteiger partial charge in [0.25, 0.3) is 0 Å². The van der Waals surface area contributed by atoms with E-state index in [1.165, 1.54) is 11.1 Å². The van der Waals surface area contributed by atoms with Crippen molar-refractivity contribution in [2.24, 2.45) is 0 Å². The Hall–Kier alpha value is -1.33. The molecule has 0 aliphatic rings. The minimum atomic E-state index is 0.210. The molecular weight excluding hydrogens is 268 g/mol. The smallest absolute Gasteiger partial charge is 0.222 e. The molecule has 0 fully saturated rings. The van der Waals surface area contributed by atoms with E-state index in [0.29, 0.717) is 10.8 Å². The third-order valence-corrected chi connectivity index (χ3v) is 3.80. The largest absolute Gasteiger partial charge is 0.368 e. The Bertz CT molecular complexity index is 501. The first-order valence-corrected chi connectivity index (χ1v) is 7.04. The minimum absolute atomic E-state index is 0.210. The lowest BCUT2D eigenvalue weighted by molar-refractivity contribution is 0.684. The first kappa shape index (κ1) is 13.1. The second-order valence-corrected chi connectivity index (χ2v) is 5.31. The summed E-state index contributed by atoms with van der Waals surface area (Å²) in [7, 11) is 0. The number of halogens is 1. The van der Waals surface area contributed by atoms with Crippen LogP contribution in [0, 0.1) is 0 Å². The Morgan fingerprint density at radius 1 is 1.56 bits per heavy atom. The van der Waals surface area contributed by atoms with Crippen molar-refractivity contribution in [2.75, 3.05) is 11.1 Å². The van der Waals surface area contributed by atoms with Gasteiger partial charge in [-0.2, -0.15) is 4.98 Å². The van der Waals surface area contributed by atoms with Gasteiger partial charge in [0.2, 0.25) is 5.95 Å². The summed E-state index contributed by atoms with van der Waals surface area (Å²) >= 11 is 7.78. The summed E-state index contributed by atoms with van der Waals surface area (Å²) in [4.78, 5) is 9.25. The zero-order valence-electron chi connectivity index (χ0n) is 10.1. The Balaban J connectivity index is 2.21. The number of nitrogens with one attached hydrogen (secondary N) is 1. The van der Waals surface area contributed by atoms with Gasteiger partial charge >= 0.3 is 0 Å². The molecule has 2 rings (SSSR count). The van der Waals surface area contributed by atoms with Gasteiger partial charge in [0, 0.05) is 4.88 Å². The predicted octanol–water partition coefficient (Wildman–Crippen LogP) is 3.73. The van der Waals surface area contributed by atoms with Gasteiger partial charge in [-0.1, -0.05) is 31.0 Å². The highest BCUT2D eigenvalue weighted by molar-refractivity contribution is 7.10. The van der Waals surface area contributed by atoms with Gasteiger partial charge in [0.1, 0.15) is 5.02 Å². The normalized spacial score (nSPS) is 12.3. The zero-order chi connectivity index (χ0) is 13.0. The molecule has 1 atom stereocenters. The van der Waals surface area contributed by atoms with Crippen molar-refractivity contribution in [3.63, 3.8) is 0 Å². The SMILES string of the molecule is CCCC(Nc1nc(N)ncc1Cl)c1cccs1. The van der Waals surface area contributed by atoms with E-state index in [1.54, 1.807) is 11.3 Å². The average Bonchev–Trinajstić information content (AvgIpc) is 2.87. The van der Waals surface area contributed by atoms with E-state index in [1.807, 2.05) is 6.07 Å². The van der Waals surface area contributed by atoms with Gasteiger partial charge in [-0.3, -0.25) is 0 Å². The van der Waals surface area contributed by atoms with Crippen LogP contribution in [0.5, 0.6) is 0 Å². The zero-order valence-corrected chi connectivity index (χ0v) is 11.6. The Morgan fingerprint density at radius 2 is 2.39 bits per heavy atom. The molecule has 0 amide bonds. The first-order chi connectivity index (χ1) is 8.70. The molecule has 0 bridgehead atoms. The second kappa shape index (κ2) is 6.02. The Labute approximate surface area is 115 Å². The molecule has 0 aliphatic heterocycles. The van der Waals surface area contributed by atoms with E-state index in [-0.39, 0.29) is 12.0 Å². The molecule has 4 nitrogen and oxygen atoms in total. The van der Waals surface area contributed by atoms with Crippen LogP contribution in [0.3, 0.4) is 0 Å². The molecular formula is C12H15ClN4S. The van der Waals surface area contributed by atoms with Gasteiger partial charge in [-0.15, -0.1) is 11.3 Å². The molecule has 6 heteroatoms. The van der Waals surface area contributed by atoms with Gasteiger partial charge in [-0.25, -0.2) is 4.98 Å². The van der Waals surface area contributed by atoms with Crippen molar-refractivity contribution in [1.29, 1.82) is 0 Å². The van der Waals surface area contributed by atoms with Crippen LogP contribution in [0.25, 0.3) is 0 Å². The summed E-state index contributed by atoms with van der Waals surface area (Å²) in [5.41, 5.74) is 5.58. The fourth-order valence-electron chi connectivity index (χ4n) is 1.71. The van der Waals surface area contributed by atoms with Crippen molar-refractivity contribution in [3.05, 3.63) is 33.6 Å². The standard InChI is InChI=1S/C12H15ClN4S/c1-2-4-9(10-5-3-6-18-10)16-11-8(13)7-15-12(14)17-11/h3,5-7,9H,2,4H2,1H3,(H3,14,15,16,17). The van der Waals surface area contributed by atoms with E-state index in [2.05, 4.69) is 33.7 Å². The number of thiophene rings is 1. The second-order valence-electron chi connectivity index (χ2n) is 3.93. The molecule has 96 valence electrons. The number of anilines is 2. The van der Waals surface area contributed by atoms with Gasteiger partial charge < -0.3 is 11.1 Å². The lowest BCUT2D eigenvalue weighted by Crippen LogP contribution is -2.11. The van der Waals surface area contributed by atoms with Crippen LogP contribution in [-0.2, 0) is 0 Å². The molecule has 0 aromatic carbocycles. The van der Waals surface area contributed by atoms with Crippen LogP contribution in [0.1, 0.15) is 30.7 Å². The van der Waals surface area contributed by atoms with Gasteiger partial charge in [-0.05, 0) is 17.9 Å². The average molecular weight is 283 g/mol. The maximum Gasteiger partial charge on any atom is 0.222 e. The molecule has 0 radical (unpaired) electrons. The van der Waals surface area contributed by atoms with Crippen molar-refractivity contribution >= 4 is 34.7 Å². The lowest BCUT2D eigenvalue weighted by Gasteiger charge is -2.18. The highest BCUT2D eigenvalue weighted by Crippen LogP contribution is 2.29. The molecule has 0 aliphatic carbocycles. The summed E-state index contributed by atoms with van der Waals surface area (Å²) < 4.78 is 0. The maximum atomic E-state index is 6.06. The number of hydrogen-bond donors (Lipinski definition) is 2. The maximum absolute atomic E-state index is 6.06. The van der Waals surface area contributed by atoms with E-state index >= 15 is 0 Å². The van der Waals surface area contributed by atoms with Gasteiger partial charge in [0.05, 0.1) is 12.2 Å². The van der Waals surface area contributed by atoms with Gasteiger partial charge in [0.15, 0.2) is 5.82 Å². The Morgan fingerprint density at radius 3 is 3.06 bits per heavy atom. The highest BCUT2D eigenvalue weighted by atomic mass is 35.5. The third kappa shape index (κ3) is 3.11. The molecule has 2 aromatic heterocycles. The van der Waals surface area contributed by atoms with E-state index in [0.717, 1.165) is 12.8 Å². The molecule has 2 aromatic rings. The van der Waals surface area contributed by atoms with E-state index in [4.69, 9.17) is 17.3 Å². The summed E-state index contributed by atoms with van der Waals surface area (Å²) in [6.07, 6.45) is 3.61. The number of nitrogen functional groups attached to an aromatic ring is 1. The summed E-state index contributed by atoms with van der Waals surface area (Å²) in [6.45, 7) is 2.15. The number of hydrogen-bond acceptors (Lipinski definition) is 5. The van der Waals surface area contributed by atoms with Crippen molar-refractivity contribution in [1.82, 2.24) is 9.97 Å². The molecule has 0 spiro atoms. The first-order valence-electron chi connectivity index (χ1n) is 5.78. The lowest BCUT2D eigenvalue weighted by atomic mass is 10.1. The molecule has 1 unspecified atom stereocenters. The van der Waals surface area contributed by atoms with Crippen LogP contribution < -0.4 is 11.1 Å². The molecule has 0 saturated carbocycles. The summed E-state index contributed by atoms with van der Waals surface area (Å²) in [6, 6.07) is 4.36. The fourth-order valence-corrected chi connectivity index (χ4v) is 2.67. The number of rotatable bonds is 5. The van der Waals surface area contributed by atoms with Crippen molar-refractivity contribution in [2.45, 2.75) is 25.8 Å². The molecule has 3 N–H and O–H groups in total. The Kier molecular flexibility index (Phi) is 4.38. The number of aromatic nitrogens is 2. The molecule has 18 heavy (non-hydrogen) atoms. The number of nitrogens with two attached hydrogens (primary N) is 1. The molecule has 2 heterocycles. The van der Waals surface area contributed by atoms with Crippen molar-refractivity contribution in [3.8, 4) is 0 Å². The summed E-state index contributed by atoms with van der Waals surface area (Å²) in [5, 5.41) is 5.89. The van der Waals surface area contributed by atoms with Crippen LogP contribution in [0.2, 0.25) is 5.02 Å². The van der Waals surface area contributed by atoms with Crippen LogP contribution in [0.4, 0.5) is 11.8 Å². The number of nitrogens with zero attached hydrogens (tertiary/aromatic N) is 2. The van der Waals surface area contributed by atoms with Crippen LogP contribution in [-0.4, -0.2) is 9.97 Å². The third-order valence-electron chi connectivity index (χ3n) is 2.54. The summed E-state index contributed by atoms with van der Waals surface area (Å²) in [5.74, 6) is 0.819. The topological polar surface area (TPSA) is 63.8 Å². The van der Waals surface area contributed by atoms with Crippen molar-refractivity contribution < 1.29 is 0 Å². The van der Waals surface area contributed by atoms with Crippen LogP contribution in [0.15, 0.2) is 23.7 Å². The highest BCUT2D eigenvalue weighted by Gasteiger charge is 2.14. The fraction of sp³-hybridized carbons (Fsp3) is 0.333. The molecule has 0 saturated heterocycles. The quantitative estimate of drug-likeness (QED) is 0.877. The predicted molar refractivity (Wildman–Crippen MR) is 77.0 cm³/mol. The van der Waals surface area contributed by atoms with Crippen LogP contribution >= 0.6 is 22.9 Å². The van der Waals surface area contributed by atoms with E-state index in [9.17, 15) is 0 Å². The van der Waals surface area contributed by atoms with E-state index < -0.39 is 0 Å². The minimum Gasteiger partial charge on any atom is -0.368 e. The monoisotopic (exact) mass is 282 g/mol.